The molecular formula is C20H24ClN5OS. The van der Waals surface area contributed by atoms with E-state index in [4.69, 9.17) is 16.9 Å². The molecule has 0 N–H and O–H groups in total. The van der Waals surface area contributed by atoms with Crippen molar-refractivity contribution >= 4 is 29.3 Å². The van der Waals surface area contributed by atoms with Crippen LogP contribution in [0.25, 0.3) is 11.4 Å². The summed E-state index contributed by atoms with van der Waals surface area (Å²) in [5.41, 5.74) is 0.862. The Labute approximate surface area is 174 Å². The van der Waals surface area contributed by atoms with Gasteiger partial charge in [0, 0.05) is 25.2 Å². The van der Waals surface area contributed by atoms with Crippen LogP contribution in [-0.2, 0) is 4.79 Å². The molecule has 148 valence electrons. The third-order valence-corrected chi connectivity index (χ3v) is 6.41. The molecule has 1 amide bonds. The molecule has 1 aromatic carbocycles. The average Bonchev–Trinajstić information content (AvgIpc) is 3.35. The number of hydrogen-bond acceptors (Lipinski definition) is 5. The molecule has 1 aliphatic rings. The lowest BCUT2D eigenvalue weighted by Gasteiger charge is -2.21. The molecule has 1 fully saturated rings. The molecule has 0 aliphatic heterocycles. The van der Waals surface area contributed by atoms with Crippen LogP contribution >= 0.6 is 23.4 Å². The lowest BCUT2D eigenvalue weighted by atomic mass is 10.2. The Morgan fingerprint density at radius 2 is 2.11 bits per heavy atom. The summed E-state index contributed by atoms with van der Waals surface area (Å²) in [4.78, 5) is 14.2. The second kappa shape index (κ2) is 9.44. The van der Waals surface area contributed by atoms with Crippen LogP contribution in [0.1, 0.15) is 45.1 Å². The zero-order chi connectivity index (χ0) is 20.1. The maximum atomic E-state index is 12.6. The van der Waals surface area contributed by atoms with Crippen LogP contribution in [0.15, 0.2) is 29.4 Å². The standard InChI is InChI=1S/C20H24ClN5OS/c1-14(19(27)25(2)13-7-12-22)28-20-24-23-18(16-10-5-6-11-17(16)21)26(20)15-8-3-4-9-15/h5-6,10-11,14-15H,3-4,7-9,13H2,1-2H3/t14-/m1/s1. The van der Waals surface area contributed by atoms with Crippen molar-refractivity contribution in [3.8, 4) is 17.5 Å². The molecule has 0 spiro atoms. The van der Waals surface area contributed by atoms with Gasteiger partial charge in [-0.25, -0.2) is 0 Å². The van der Waals surface area contributed by atoms with Gasteiger partial charge in [0.1, 0.15) is 0 Å². The van der Waals surface area contributed by atoms with Crippen LogP contribution in [0, 0.1) is 11.3 Å². The minimum Gasteiger partial charge on any atom is -0.344 e. The number of halogens is 1. The van der Waals surface area contributed by atoms with E-state index in [9.17, 15) is 4.79 Å². The fraction of sp³-hybridized carbons (Fsp3) is 0.500. The first-order chi connectivity index (χ1) is 13.5. The fourth-order valence-electron chi connectivity index (χ4n) is 3.52. The molecule has 1 aliphatic carbocycles. The summed E-state index contributed by atoms with van der Waals surface area (Å²) in [6.07, 6.45) is 4.84. The number of nitrogens with zero attached hydrogens (tertiary/aromatic N) is 5. The van der Waals surface area contributed by atoms with E-state index in [1.165, 1.54) is 24.6 Å². The predicted octanol–water partition coefficient (Wildman–Crippen LogP) is 4.57. The van der Waals surface area contributed by atoms with Gasteiger partial charge in [-0.2, -0.15) is 5.26 Å². The van der Waals surface area contributed by atoms with Gasteiger partial charge >= 0.3 is 0 Å². The summed E-state index contributed by atoms with van der Waals surface area (Å²) in [5, 5.41) is 18.7. The first kappa shape index (κ1) is 20.7. The topological polar surface area (TPSA) is 74.8 Å². The molecule has 0 unspecified atom stereocenters. The van der Waals surface area contributed by atoms with Crippen molar-refractivity contribution in [1.29, 1.82) is 5.26 Å². The van der Waals surface area contributed by atoms with Gasteiger partial charge < -0.3 is 4.90 Å². The molecule has 1 atom stereocenters. The molecule has 6 nitrogen and oxygen atoms in total. The quantitative estimate of drug-likeness (QED) is 0.617. The largest absolute Gasteiger partial charge is 0.344 e. The number of amides is 1. The molecule has 28 heavy (non-hydrogen) atoms. The summed E-state index contributed by atoms with van der Waals surface area (Å²) in [5.74, 6) is 0.748. The van der Waals surface area contributed by atoms with Crippen LogP contribution in [0.4, 0.5) is 0 Å². The van der Waals surface area contributed by atoms with E-state index in [0.717, 1.165) is 29.4 Å². The molecule has 0 saturated heterocycles. The zero-order valence-corrected chi connectivity index (χ0v) is 17.7. The highest BCUT2D eigenvalue weighted by atomic mass is 35.5. The fourth-order valence-corrected chi connectivity index (χ4v) is 4.78. The molecule has 3 rings (SSSR count). The van der Waals surface area contributed by atoms with Gasteiger partial charge in [0.15, 0.2) is 11.0 Å². The van der Waals surface area contributed by atoms with E-state index in [-0.39, 0.29) is 11.2 Å². The van der Waals surface area contributed by atoms with Crippen LogP contribution in [0.3, 0.4) is 0 Å². The molecule has 1 aromatic heterocycles. The Balaban J connectivity index is 1.88. The van der Waals surface area contributed by atoms with Crippen molar-refractivity contribution in [1.82, 2.24) is 19.7 Å². The van der Waals surface area contributed by atoms with Gasteiger partial charge in [-0.15, -0.1) is 10.2 Å². The van der Waals surface area contributed by atoms with Gasteiger partial charge in [0.2, 0.25) is 5.91 Å². The third-order valence-electron chi connectivity index (χ3n) is 5.03. The lowest BCUT2D eigenvalue weighted by molar-refractivity contribution is -0.128. The highest BCUT2D eigenvalue weighted by Crippen LogP contribution is 2.39. The number of aromatic nitrogens is 3. The van der Waals surface area contributed by atoms with Crippen molar-refractivity contribution < 1.29 is 4.79 Å². The van der Waals surface area contributed by atoms with E-state index in [2.05, 4.69) is 20.8 Å². The van der Waals surface area contributed by atoms with Crippen LogP contribution in [0.2, 0.25) is 5.02 Å². The molecule has 0 radical (unpaired) electrons. The molecule has 8 heteroatoms. The Kier molecular flexibility index (Phi) is 6.97. The SMILES string of the molecule is C[C@@H](Sc1nnc(-c2ccccc2Cl)n1C1CCCC1)C(=O)N(C)CCC#N. The number of nitriles is 1. The van der Waals surface area contributed by atoms with E-state index < -0.39 is 0 Å². The second-order valence-electron chi connectivity index (χ2n) is 7.02. The van der Waals surface area contributed by atoms with Crippen molar-refractivity contribution in [2.45, 2.75) is 55.5 Å². The van der Waals surface area contributed by atoms with Crippen LogP contribution in [-0.4, -0.2) is 44.4 Å². The molecule has 2 aromatic rings. The van der Waals surface area contributed by atoms with E-state index >= 15 is 0 Å². The molecular weight excluding hydrogens is 394 g/mol. The summed E-state index contributed by atoms with van der Waals surface area (Å²) >= 11 is 7.84. The van der Waals surface area contributed by atoms with Crippen molar-refractivity contribution in [2.24, 2.45) is 0 Å². The van der Waals surface area contributed by atoms with Gasteiger partial charge in [-0.05, 0) is 31.9 Å². The predicted molar refractivity (Wildman–Crippen MR) is 111 cm³/mol. The van der Waals surface area contributed by atoms with E-state index in [1.807, 2.05) is 31.2 Å². The number of benzene rings is 1. The van der Waals surface area contributed by atoms with E-state index in [1.54, 1.807) is 11.9 Å². The number of hydrogen-bond donors (Lipinski definition) is 0. The monoisotopic (exact) mass is 417 g/mol. The Hall–Kier alpha value is -2.04. The summed E-state index contributed by atoms with van der Waals surface area (Å²) in [6.45, 7) is 2.30. The van der Waals surface area contributed by atoms with Gasteiger partial charge in [0.25, 0.3) is 0 Å². The summed E-state index contributed by atoms with van der Waals surface area (Å²) < 4.78 is 2.16. The Morgan fingerprint density at radius 3 is 2.79 bits per heavy atom. The third kappa shape index (κ3) is 4.50. The maximum Gasteiger partial charge on any atom is 0.235 e. The highest BCUT2D eigenvalue weighted by Gasteiger charge is 2.28. The first-order valence-corrected chi connectivity index (χ1v) is 10.8. The van der Waals surface area contributed by atoms with Crippen LogP contribution < -0.4 is 0 Å². The zero-order valence-electron chi connectivity index (χ0n) is 16.1. The van der Waals surface area contributed by atoms with Gasteiger partial charge in [0.05, 0.1) is 22.8 Å². The van der Waals surface area contributed by atoms with Crippen molar-refractivity contribution in [3.63, 3.8) is 0 Å². The van der Waals surface area contributed by atoms with Gasteiger partial charge in [-0.3, -0.25) is 9.36 Å². The lowest BCUT2D eigenvalue weighted by Crippen LogP contribution is -2.34. The summed E-state index contributed by atoms with van der Waals surface area (Å²) in [6, 6.07) is 10.0. The first-order valence-electron chi connectivity index (χ1n) is 9.51. The Bertz CT molecular complexity index is 872. The molecule has 1 saturated carbocycles. The van der Waals surface area contributed by atoms with Crippen LogP contribution in [0.5, 0.6) is 0 Å². The number of rotatable bonds is 7. The minimum atomic E-state index is -0.313. The maximum absolute atomic E-state index is 12.6. The number of thioether (sulfide) groups is 1. The molecule has 1 heterocycles. The van der Waals surface area contributed by atoms with Gasteiger partial charge in [-0.1, -0.05) is 48.3 Å². The number of carbonyl (C=O) groups excluding carboxylic acids is 1. The molecule has 0 bridgehead atoms. The second-order valence-corrected chi connectivity index (χ2v) is 8.74. The Morgan fingerprint density at radius 1 is 1.39 bits per heavy atom. The number of carbonyl (C=O) groups is 1. The van der Waals surface area contributed by atoms with Crippen molar-refractivity contribution in [3.05, 3.63) is 29.3 Å². The van der Waals surface area contributed by atoms with E-state index in [0.29, 0.717) is 24.0 Å². The summed E-state index contributed by atoms with van der Waals surface area (Å²) in [7, 11) is 1.73. The smallest absolute Gasteiger partial charge is 0.235 e. The normalized spacial score (nSPS) is 15.4. The van der Waals surface area contributed by atoms with Crippen molar-refractivity contribution in [2.75, 3.05) is 13.6 Å². The average molecular weight is 418 g/mol. The highest BCUT2D eigenvalue weighted by molar-refractivity contribution is 8.00. The minimum absolute atomic E-state index is 0.0134.